The molecule has 0 aliphatic heterocycles. The number of carboxylic acids is 1. The average Bonchev–Trinajstić information content (AvgIpc) is 2.37. The standard InChI is InChI=1S/C13H17N3O4/c1-9(7-12(18)19)6-11(17)15-13(20)16(2)10-4-3-5-14-8-10/h3-5,8-9H,6-7H2,1-2H3,(H,18,19)(H,15,17,20). The van der Waals surface area contributed by atoms with Gasteiger partial charge in [0.15, 0.2) is 0 Å². The zero-order valence-electron chi connectivity index (χ0n) is 11.4. The zero-order chi connectivity index (χ0) is 15.1. The Kier molecular flexibility index (Phi) is 5.64. The highest BCUT2D eigenvalue weighted by Crippen LogP contribution is 2.10. The first-order valence-corrected chi connectivity index (χ1v) is 6.09. The number of anilines is 1. The van der Waals surface area contributed by atoms with Gasteiger partial charge in [0.25, 0.3) is 0 Å². The van der Waals surface area contributed by atoms with Gasteiger partial charge in [0.1, 0.15) is 0 Å². The quantitative estimate of drug-likeness (QED) is 0.845. The van der Waals surface area contributed by atoms with E-state index >= 15 is 0 Å². The van der Waals surface area contributed by atoms with E-state index in [1.807, 2.05) is 0 Å². The van der Waals surface area contributed by atoms with Gasteiger partial charge in [-0.25, -0.2) is 4.79 Å². The number of pyridine rings is 1. The summed E-state index contributed by atoms with van der Waals surface area (Å²) in [6.07, 6.45) is 2.95. The fraction of sp³-hybridized carbons (Fsp3) is 0.385. The lowest BCUT2D eigenvalue weighted by atomic mass is 10.0. The molecule has 0 bridgehead atoms. The molecule has 2 N–H and O–H groups in total. The minimum atomic E-state index is -0.968. The summed E-state index contributed by atoms with van der Waals surface area (Å²) in [7, 11) is 1.51. The fourth-order valence-corrected chi connectivity index (χ4v) is 1.61. The molecule has 0 aliphatic rings. The first-order chi connectivity index (χ1) is 9.40. The van der Waals surface area contributed by atoms with E-state index < -0.39 is 17.9 Å². The molecule has 0 saturated heterocycles. The molecule has 0 saturated carbocycles. The minimum absolute atomic E-state index is 0.0150. The lowest BCUT2D eigenvalue weighted by Gasteiger charge is -2.17. The number of carbonyl (C=O) groups is 3. The van der Waals surface area contributed by atoms with Crippen LogP contribution in [-0.2, 0) is 9.59 Å². The molecule has 1 rings (SSSR count). The number of carboxylic acid groups (broad SMARTS) is 1. The SMILES string of the molecule is CC(CC(=O)O)CC(=O)NC(=O)N(C)c1cccnc1. The number of urea groups is 1. The van der Waals surface area contributed by atoms with Gasteiger partial charge in [-0.05, 0) is 18.1 Å². The van der Waals surface area contributed by atoms with Gasteiger partial charge in [-0.15, -0.1) is 0 Å². The first-order valence-electron chi connectivity index (χ1n) is 6.09. The molecular weight excluding hydrogens is 262 g/mol. The van der Waals surface area contributed by atoms with Crippen LogP contribution in [0.15, 0.2) is 24.5 Å². The van der Waals surface area contributed by atoms with E-state index in [-0.39, 0.29) is 18.8 Å². The van der Waals surface area contributed by atoms with Crippen LogP contribution in [0.3, 0.4) is 0 Å². The molecule has 0 fully saturated rings. The number of rotatable bonds is 5. The highest BCUT2D eigenvalue weighted by Gasteiger charge is 2.17. The van der Waals surface area contributed by atoms with Crippen molar-refractivity contribution in [3.63, 3.8) is 0 Å². The summed E-state index contributed by atoms with van der Waals surface area (Å²) in [5.41, 5.74) is 0.552. The molecule has 0 aromatic carbocycles. The van der Waals surface area contributed by atoms with Crippen LogP contribution >= 0.6 is 0 Å². The van der Waals surface area contributed by atoms with Gasteiger partial charge in [0.05, 0.1) is 11.9 Å². The maximum absolute atomic E-state index is 11.8. The Morgan fingerprint density at radius 2 is 2.10 bits per heavy atom. The monoisotopic (exact) mass is 279 g/mol. The van der Waals surface area contributed by atoms with Crippen LogP contribution in [0, 0.1) is 5.92 Å². The molecule has 1 heterocycles. The summed E-state index contributed by atoms with van der Waals surface area (Å²) in [5.74, 6) is -1.80. The first kappa shape index (κ1) is 15.6. The number of hydrogen-bond acceptors (Lipinski definition) is 4. The molecule has 108 valence electrons. The Bertz CT molecular complexity index is 490. The van der Waals surface area contributed by atoms with E-state index in [9.17, 15) is 14.4 Å². The summed E-state index contributed by atoms with van der Waals surface area (Å²) in [5, 5.41) is 10.8. The number of aliphatic carboxylic acids is 1. The van der Waals surface area contributed by atoms with Crippen LogP contribution < -0.4 is 10.2 Å². The van der Waals surface area contributed by atoms with Crippen LogP contribution in [-0.4, -0.2) is 35.0 Å². The maximum atomic E-state index is 11.8. The number of nitrogens with zero attached hydrogens (tertiary/aromatic N) is 2. The second kappa shape index (κ2) is 7.22. The Morgan fingerprint density at radius 1 is 1.40 bits per heavy atom. The normalized spacial score (nSPS) is 11.5. The Morgan fingerprint density at radius 3 is 2.65 bits per heavy atom. The summed E-state index contributed by atoms with van der Waals surface area (Å²) in [4.78, 5) is 39.0. The van der Waals surface area contributed by atoms with E-state index in [0.29, 0.717) is 5.69 Å². The van der Waals surface area contributed by atoms with Crippen molar-refractivity contribution in [2.75, 3.05) is 11.9 Å². The number of nitrogens with one attached hydrogen (secondary N) is 1. The third kappa shape index (κ3) is 5.05. The summed E-state index contributed by atoms with van der Waals surface area (Å²) in [6.45, 7) is 1.64. The molecule has 1 atom stereocenters. The van der Waals surface area contributed by atoms with E-state index in [1.54, 1.807) is 25.3 Å². The molecule has 1 aromatic rings. The largest absolute Gasteiger partial charge is 0.481 e. The third-order valence-electron chi connectivity index (χ3n) is 2.64. The Balaban J connectivity index is 2.49. The summed E-state index contributed by atoms with van der Waals surface area (Å²) in [6, 6.07) is 2.78. The van der Waals surface area contributed by atoms with Crippen molar-refractivity contribution in [3.05, 3.63) is 24.5 Å². The van der Waals surface area contributed by atoms with Crippen molar-refractivity contribution in [2.45, 2.75) is 19.8 Å². The van der Waals surface area contributed by atoms with Crippen molar-refractivity contribution in [1.29, 1.82) is 0 Å². The Labute approximate surface area is 116 Å². The van der Waals surface area contributed by atoms with Gasteiger partial charge in [-0.1, -0.05) is 6.92 Å². The molecule has 7 heteroatoms. The highest BCUT2D eigenvalue weighted by atomic mass is 16.4. The summed E-state index contributed by atoms with van der Waals surface area (Å²) >= 11 is 0. The zero-order valence-corrected chi connectivity index (χ0v) is 11.4. The van der Waals surface area contributed by atoms with E-state index in [2.05, 4.69) is 10.3 Å². The molecule has 0 aliphatic carbocycles. The maximum Gasteiger partial charge on any atom is 0.328 e. The van der Waals surface area contributed by atoms with Gasteiger partial charge in [-0.3, -0.25) is 24.8 Å². The third-order valence-corrected chi connectivity index (χ3v) is 2.64. The molecule has 0 spiro atoms. The van der Waals surface area contributed by atoms with Crippen LogP contribution in [0.2, 0.25) is 0 Å². The predicted molar refractivity (Wildman–Crippen MR) is 72.2 cm³/mol. The van der Waals surface area contributed by atoms with Crippen LogP contribution in [0.25, 0.3) is 0 Å². The molecule has 3 amide bonds. The smallest absolute Gasteiger partial charge is 0.328 e. The van der Waals surface area contributed by atoms with Crippen molar-refractivity contribution in [2.24, 2.45) is 5.92 Å². The number of hydrogen-bond donors (Lipinski definition) is 2. The van der Waals surface area contributed by atoms with E-state index in [1.165, 1.54) is 18.1 Å². The number of imide groups is 1. The topological polar surface area (TPSA) is 99.6 Å². The summed E-state index contributed by atoms with van der Waals surface area (Å²) < 4.78 is 0. The number of aromatic nitrogens is 1. The molecule has 7 nitrogen and oxygen atoms in total. The molecule has 1 unspecified atom stereocenters. The van der Waals surface area contributed by atoms with Crippen LogP contribution in [0.4, 0.5) is 10.5 Å². The van der Waals surface area contributed by atoms with Crippen molar-refractivity contribution in [1.82, 2.24) is 10.3 Å². The Hall–Kier alpha value is -2.44. The van der Waals surface area contributed by atoms with Crippen LogP contribution in [0.1, 0.15) is 19.8 Å². The van der Waals surface area contributed by atoms with Crippen molar-refractivity contribution in [3.8, 4) is 0 Å². The average molecular weight is 279 g/mol. The van der Waals surface area contributed by atoms with Gasteiger partial charge in [-0.2, -0.15) is 0 Å². The number of amides is 3. The lowest BCUT2D eigenvalue weighted by Crippen LogP contribution is -2.41. The second-order valence-corrected chi connectivity index (χ2v) is 4.53. The molecule has 1 aromatic heterocycles. The van der Waals surface area contributed by atoms with Crippen molar-refractivity contribution < 1.29 is 19.5 Å². The molecule has 20 heavy (non-hydrogen) atoms. The van der Waals surface area contributed by atoms with E-state index in [0.717, 1.165) is 0 Å². The lowest BCUT2D eigenvalue weighted by molar-refractivity contribution is -0.138. The van der Waals surface area contributed by atoms with Gasteiger partial charge >= 0.3 is 12.0 Å². The van der Waals surface area contributed by atoms with Gasteiger partial charge in [0.2, 0.25) is 5.91 Å². The van der Waals surface area contributed by atoms with Gasteiger partial charge < -0.3 is 5.11 Å². The minimum Gasteiger partial charge on any atom is -0.481 e. The highest BCUT2D eigenvalue weighted by molar-refractivity contribution is 6.02. The van der Waals surface area contributed by atoms with Crippen LogP contribution in [0.5, 0.6) is 0 Å². The van der Waals surface area contributed by atoms with Crippen molar-refractivity contribution >= 4 is 23.6 Å². The predicted octanol–water partition coefficient (Wildman–Crippen LogP) is 1.25. The second-order valence-electron chi connectivity index (χ2n) is 4.53. The fourth-order valence-electron chi connectivity index (χ4n) is 1.61. The number of carbonyl (C=O) groups excluding carboxylic acids is 2. The van der Waals surface area contributed by atoms with Gasteiger partial charge in [0, 0.05) is 26.1 Å². The molecule has 0 radical (unpaired) electrons. The van der Waals surface area contributed by atoms with E-state index in [4.69, 9.17) is 5.11 Å². The molecular formula is C13H17N3O4.